The molecule has 3 nitrogen and oxygen atoms in total. The van der Waals surface area contributed by atoms with Crippen LogP contribution in [-0.4, -0.2) is 28.5 Å². The van der Waals surface area contributed by atoms with Crippen molar-refractivity contribution in [1.82, 2.24) is 9.88 Å². The van der Waals surface area contributed by atoms with Gasteiger partial charge in [-0.1, -0.05) is 30.4 Å². The quantitative estimate of drug-likeness (QED) is 0.783. The van der Waals surface area contributed by atoms with Crippen LogP contribution in [0, 0.1) is 0 Å². The van der Waals surface area contributed by atoms with Crippen molar-refractivity contribution < 1.29 is 4.74 Å². The van der Waals surface area contributed by atoms with Gasteiger partial charge < -0.3 is 4.74 Å². The highest BCUT2D eigenvalue weighted by Crippen LogP contribution is 2.41. The van der Waals surface area contributed by atoms with E-state index in [0.717, 1.165) is 23.5 Å². The summed E-state index contributed by atoms with van der Waals surface area (Å²) in [4.78, 5) is 7.01. The summed E-state index contributed by atoms with van der Waals surface area (Å²) >= 11 is 0. The summed E-state index contributed by atoms with van der Waals surface area (Å²) in [5.74, 6) is 1.62. The topological polar surface area (TPSA) is 25.4 Å². The Kier molecular flexibility index (Phi) is 4.35. The van der Waals surface area contributed by atoms with Gasteiger partial charge in [0, 0.05) is 11.7 Å². The van der Waals surface area contributed by atoms with Gasteiger partial charge in [0.05, 0.1) is 6.20 Å². The van der Waals surface area contributed by atoms with E-state index in [1.807, 2.05) is 36.5 Å². The number of benzene rings is 1. The fraction of sp³-hybridized carbons (Fsp3) is 0.381. The van der Waals surface area contributed by atoms with E-state index in [0.29, 0.717) is 5.54 Å². The number of para-hydroxylation sites is 1. The molecule has 0 bridgehead atoms. The highest BCUT2D eigenvalue weighted by molar-refractivity contribution is 5.50. The normalized spacial score (nSPS) is 19.7. The van der Waals surface area contributed by atoms with Crippen LogP contribution in [0.3, 0.4) is 0 Å². The lowest BCUT2D eigenvalue weighted by Gasteiger charge is -2.30. The predicted molar refractivity (Wildman–Crippen MR) is 97.2 cm³/mol. The van der Waals surface area contributed by atoms with Crippen LogP contribution < -0.4 is 4.74 Å². The Labute approximate surface area is 144 Å². The Morgan fingerprint density at radius 3 is 2.62 bits per heavy atom. The van der Waals surface area contributed by atoms with E-state index in [1.54, 1.807) is 6.20 Å². The third-order valence-electron chi connectivity index (χ3n) is 5.33. The first-order valence-corrected chi connectivity index (χ1v) is 8.94. The van der Waals surface area contributed by atoms with Crippen LogP contribution in [0.2, 0.25) is 0 Å². The fourth-order valence-electron chi connectivity index (χ4n) is 4.18. The molecule has 124 valence electrons. The number of pyridine rings is 1. The summed E-state index contributed by atoms with van der Waals surface area (Å²) in [6.45, 7) is 2.57. The molecule has 0 amide bonds. The average Bonchev–Trinajstić information content (AvgIpc) is 3.16. The molecule has 2 saturated heterocycles. The van der Waals surface area contributed by atoms with Gasteiger partial charge in [0.25, 0.3) is 0 Å². The number of nitrogens with zero attached hydrogens (tertiary/aromatic N) is 2. The zero-order valence-electron chi connectivity index (χ0n) is 14.0. The number of fused-ring (bicyclic) bond motifs is 1. The maximum absolute atomic E-state index is 5.86. The van der Waals surface area contributed by atoms with Crippen molar-refractivity contribution >= 4 is 6.08 Å². The summed E-state index contributed by atoms with van der Waals surface area (Å²) in [5.41, 5.74) is 1.55. The lowest BCUT2D eigenvalue weighted by atomic mass is 9.90. The van der Waals surface area contributed by atoms with Crippen molar-refractivity contribution in [1.29, 1.82) is 0 Å². The molecule has 0 saturated carbocycles. The van der Waals surface area contributed by atoms with Crippen molar-refractivity contribution in [2.24, 2.45) is 0 Å². The minimum Gasteiger partial charge on any atom is -0.456 e. The maximum Gasteiger partial charge on any atom is 0.146 e. The Hall–Kier alpha value is -2.13. The first-order chi connectivity index (χ1) is 11.8. The van der Waals surface area contributed by atoms with Crippen LogP contribution in [0.5, 0.6) is 11.5 Å². The molecule has 2 aliphatic rings. The Bertz CT molecular complexity index is 701. The van der Waals surface area contributed by atoms with Gasteiger partial charge in [-0.05, 0) is 69.0 Å². The van der Waals surface area contributed by atoms with E-state index in [1.165, 1.54) is 38.8 Å². The molecule has 2 aromatic rings. The summed E-state index contributed by atoms with van der Waals surface area (Å²) in [5, 5.41) is 0. The molecular formula is C21H24N2O. The monoisotopic (exact) mass is 320 g/mol. The minimum absolute atomic E-state index is 0.447. The molecule has 0 spiro atoms. The molecule has 0 aliphatic carbocycles. The van der Waals surface area contributed by atoms with Crippen molar-refractivity contribution in [3.05, 3.63) is 60.4 Å². The molecule has 1 aromatic carbocycles. The Balaban J connectivity index is 1.42. The zero-order chi connectivity index (χ0) is 16.2. The Morgan fingerprint density at radius 2 is 1.83 bits per heavy atom. The lowest BCUT2D eigenvalue weighted by molar-refractivity contribution is 0.198. The molecule has 4 rings (SSSR count). The molecule has 0 radical (unpaired) electrons. The Morgan fingerprint density at radius 1 is 1.04 bits per heavy atom. The van der Waals surface area contributed by atoms with Crippen molar-refractivity contribution in [2.45, 2.75) is 37.6 Å². The second-order valence-electron chi connectivity index (χ2n) is 6.89. The van der Waals surface area contributed by atoms with E-state index in [-0.39, 0.29) is 0 Å². The molecule has 2 fully saturated rings. The van der Waals surface area contributed by atoms with E-state index < -0.39 is 0 Å². The van der Waals surface area contributed by atoms with Gasteiger partial charge in [0.15, 0.2) is 0 Å². The van der Waals surface area contributed by atoms with Crippen LogP contribution in [0.15, 0.2) is 54.9 Å². The third kappa shape index (κ3) is 3.22. The van der Waals surface area contributed by atoms with Crippen LogP contribution in [0.4, 0.5) is 0 Å². The van der Waals surface area contributed by atoms with Crippen molar-refractivity contribution in [3.63, 3.8) is 0 Å². The largest absolute Gasteiger partial charge is 0.456 e. The number of ether oxygens (including phenoxy) is 1. The van der Waals surface area contributed by atoms with Gasteiger partial charge in [-0.25, -0.2) is 0 Å². The minimum atomic E-state index is 0.447. The number of hydrogen-bond acceptors (Lipinski definition) is 3. The predicted octanol–water partition coefficient (Wildman–Crippen LogP) is 4.91. The van der Waals surface area contributed by atoms with E-state index >= 15 is 0 Å². The summed E-state index contributed by atoms with van der Waals surface area (Å²) in [6, 6.07) is 11.9. The third-order valence-corrected chi connectivity index (χ3v) is 5.33. The SMILES string of the molecule is C(=Cc1cncc(Oc2ccccc2)c1)CC12CCCN1CCC2. The van der Waals surface area contributed by atoms with Gasteiger partial charge in [0.2, 0.25) is 0 Å². The molecule has 0 N–H and O–H groups in total. The molecule has 0 atom stereocenters. The average molecular weight is 320 g/mol. The van der Waals surface area contributed by atoms with Crippen LogP contribution in [-0.2, 0) is 0 Å². The first kappa shape index (κ1) is 15.4. The van der Waals surface area contributed by atoms with Crippen LogP contribution >= 0.6 is 0 Å². The van der Waals surface area contributed by atoms with E-state index in [9.17, 15) is 0 Å². The molecule has 1 aromatic heterocycles. The first-order valence-electron chi connectivity index (χ1n) is 8.94. The summed E-state index contributed by atoms with van der Waals surface area (Å²) < 4.78 is 5.86. The van der Waals surface area contributed by atoms with Crippen LogP contribution in [0.25, 0.3) is 6.08 Å². The number of hydrogen-bond donors (Lipinski definition) is 0. The standard InChI is InChI=1S/C21H24N2O/c1-2-8-19(9-3-1)24-20-15-18(16-22-17-20)7-4-10-21-11-5-13-23(21)14-6-12-21/h1-4,7-9,15-17H,5-6,10-14H2. The molecular weight excluding hydrogens is 296 g/mol. The lowest BCUT2D eigenvalue weighted by Crippen LogP contribution is -2.37. The van der Waals surface area contributed by atoms with Gasteiger partial charge in [0.1, 0.15) is 11.5 Å². The zero-order valence-corrected chi connectivity index (χ0v) is 14.0. The fourth-order valence-corrected chi connectivity index (χ4v) is 4.18. The van der Waals surface area contributed by atoms with Crippen molar-refractivity contribution in [2.75, 3.05) is 13.1 Å². The summed E-state index contributed by atoms with van der Waals surface area (Å²) in [7, 11) is 0. The number of rotatable bonds is 5. The van der Waals surface area contributed by atoms with Crippen molar-refractivity contribution in [3.8, 4) is 11.5 Å². The molecule has 3 heteroatoms. The van der Waals surface area contributed by atoms with Gasteiger partial charge in [-0.2, -0.15) is 0 Å². The van der Waals surface area contributed by atoms with Gasteiger partial charge in [-0.15, -0.1) is 0 Å². The van der Waals surface area contributed by atoms with Gasteiger partial charge >= 0.3 is 0 Å². The van der Waals surface area contributed by atoms with E-state index in [4.69, 9.17) is 4.74 Å². The molecule has 2 aliphatic heterocycles. The molecule has 0 unspecified atom stereocenters. The molecule has 24 heavy (non-hydrogen) atoms. The molecule has 3 heterocycles. The van der Waals surface area contributed by atoms with E-state index in [2.05, 4.69) is 28.1 Å². The highest BCUT2D eigenvalue weighted by Gasteiger charge is 2.42. The smallest absolute Gasteiger partial charge is 0.146 e. The van der Waals surface area contributed by atoms with Crippen LogP contribution in [0.1, 0.15) is 37.7 Å². The second kappa shape index (κ2) is 6.78. The summed E-state index contributed by atoms with van der Waals surface area (Å²) in [6.07, 6.45) is 14.7. The number of aromatic nitrogens is 1. The van der Waals surface area contributed by atoms with Gasteiger partial charge in [-0.3, -0.25) is 9.88 Å². The second-order valence-corrected chi connectivity index (χ2v) is 6.89. The highest BCUT2D eigenvalue weighted by atomic mass is 16.5. The maximum atomic E-state index is 5.86.